The van der Waals surface area contributed by atoms with Gasteiger partial charge in [-0.2, -0.15) is 5.26 Å². The second-order valence-electron chi connectivity index (χ2n) is 7.93. The summed E-state index contributed by atoms with van der Waals surface area (Å²) in [4.78, 5) is 27.7. The van der Waals surface area contributed by atoms with E-state index in [4.69, 9.17) is 10.00 Å². The molecule has 2 aliphatic heterocycles. The number of alkyl halides is 1. The van der Waals surface area contributed by atoms with E-state index in [0.29, 0.717) is 30.0 Å². The summed E-state index contributed by atoms with van der Waals surface area (Å²) in [6.07, 6.45) is -0.992. The monoisotopic (exact) mass is 400 g/mol. The van der Waals surface area contributed by atoms with E-state index < -0.39 is 12.2 Å². The molecule has 3 aliphatic rings. The number of likely N-dealkylation sites (tertiary alicyclic amines) is 1. The highest BCUT2D eigenvalue weighted by Gasteiger charge is 2.55. The largest absolute Gasteiger partial charge is 0.462 e. The van der Waals surface area contributed by atoms with Crippen molar-refractivity contribution < 1.29 is 18.7 Å². The number of esters is 1. The van der Waals surface area contributed by atoms with Gasteiger partial charge in [-0.15, -0.1) is 0 Å². The van der Waals surface area contributed by atoms with E-state index in [1.165, 1.54) is 4.90 Å². The predicted octanol–water partition coefficient (Wildman–Crippen LogP) is 1.35. The highest BCUT2D eigenvalue weighted by molar-refractivity contribution is 5.89. The summed E-state index contributed by atoms with van der Waals surface area (Å²) in [6, 6.07) is 9.09. The van der Waals surface area contributed by atoms with Crippen LogP contribution in [0.3, 0.4) is 0 Å². The Kier molecular flexibility index (Phi) is 5.41. The molecule has 2 saturated heterocycles. The molecule has 1 amide bonds. The zero-order valence-corrected chi connectivity index (χ0v) is 16.4. The summed E-state index contributed by atoms with van der Waals surface area (Å²) >= 11 is 0. The maximum atomic E-state index is 13.5. The number of ether oxygens (including phenoxy) is 1. The molecule has 7 nitrogen and oxygen atoms in total. The number of nitrogens with one attached hydrogen (secondary N) is 1. The Morgan fingerprint density at radius 1 is 1.24 bits per heavy atom. The minimum absolute atomic E-state index is 0.0197. The van der Waals surface area contributed by atoms with Gasteiger partial charge in [0.1, 0.15) is 12.2 Å². The van der Waals surface area contributed by atoms with Crippen LogP contribution in [0.2, 0.25) is 0 Å². The lowest BCUT2D eigenvalue weighted by atomic mass is 10.2. The van der Waals surface area contributed by atoms with E-state index in [-0.39, 0.29) is 31.4 Å². The van der Waals surface area contributed by atoms with Gasteiger partial charge in [0.05, 0.1) is 31.3 Å². The molecule has 3 fully saturated rings. The van der Waals surface area contributed by atoms with Gasteiger partial charge in [-0.25, -0.2) is 9.18 Å². The average molecular weight is 400 g/mol. The van der Waals surface area contributed by atoms with Crippen molar-refractivity contribution in [3.8, 4) is 6.07 Å². The summed E-state index contributed by atoms with van der Waals surface area (Å²) in [5.41, 5.74) is 1.62. The zero-order valence-electron chi connectivity index (χ0n) is 16.4. The molecule has 1 N–H and O–H groups in total. The Labute approximate surface area is 169 Å². The summed E-state index contributed by atoms with van der Waals surface area (Å²) in [5.74, 6) is 0.444. The maximum Gasteiger partial charge on any atom is 0.338 e. The second kappa shape index (κ2) is 7.99. The quantitative estimate of drug-likeness (QED) is 0.726. The third-order valence-electron chi connectivity index (χ3n) is 6.15. The molecule has 0 spiro atoms. The van der Waals surface area contributed by atoms with Crippen LogP contribution < -0.4 is 10.2 Å². The van der Waals surface area contributed by atoms with E-state index in [2.05, 4.69) is 10.2 Å². The Morgan fingerprint density at radius 2 is 1.93 bits per heavy atom. The normalized spacial score (nSPS) is 30.0. The predicted molar refractivity (Wildman–Crippen MR) is 104 cm³/mol. The number of anilines is 1. The van der Waals surface area contributed by atoms with E-state index in [1.807, 2.05) is 18.2 Å². The summed E-state index contributed by atoms with van der Waals surface area (Å²) in [7, 11) is 0. The van der Waals surface area contributed by atoms with E-state index in [1.54, 1.807) is 19.1 Å². The molecule has 1 aromatic rings. The van der Waals surface area contributed by atoms with Crippen LogP contribution in [0, 0.1) is 23.2 Å². The van der Waals surface area contributed by atoms with Crippen molar-refractivity contribution in [2.24, 2.45) is 11.8 Å². The van der Waals surface area contributed by atoms with Crippen molar-refractivity contribution in [2.75, 3.05) is 37.7 Å². The van der Waals surface area contributed by atoms with Crippen molar-refractivity contribution in [2.45, 2.75) is 31.6 Å². The number of piperidine rings is 1. The Morgan fingerprint density at radius 3 is 2.55 bits per heavy atom. The minimum atomic E-state index is -1.10. The third-order valence-corrected chi connectivity index (χ3v) is 6.15. The molecule has 0 aromatic heterocycles. The van der Waals surface area contributed by atoms with Crippen LogP contribution in [0.5, 0.6) is 0 Å². The van der Waals surface area contributed by atoms with Crippen molar-refractivity contribution in [1.82, 2.24) is 10.2 Å². The molecule has 8 heteroatoms. The van der Waals surface area contributed by atoms with Crippen LogP contribution in [0.15, 0.2) is 24.3 Å². The Bertz CT molecular complexity index is 812. The van der Waals surface area contributed by atoms with Crippen LogP contribution in [0.25, 0.3) is 0 Å². The first-order valence-electron chi connectivity index (χ1n) is 10.1. The Hall–Kier alpha value is -2.66. The molecule has 4 atom stereocenters. The molecule has 154 valence electrons. The average Bonchev–Trinajstić information content (AvgIpc) is 3.06. The van der Waals surface area contributed by atoms with Crippen LogP contribution in [-0.4, -0.2) is 67.8 Å². The fourth-order valence-corrected chi connectivity index (χ4v) is 4.55. The molecule has 1 saturated carbocycles. The van der Waals surface area contributed by atoms with Gasteiger partial charge in [-0.1, -0.05) is 0 Å². The first-order valence-corrected chi connectivity index (χ1v) is 10.1. The Balaban J connectivity index is 1.24. The lowest BCUT2D eigenvalue weighted by Crippen LogP contribution is -2.42. The van der Waals surface area contributed by atoms with Crippen molar-refractivity contribution >= 4 is 17.6 Å². The fraction of sp³-hybridized carbons (Fsp3) is 0.571. The molecule has 29 heavy (non-hydrogen) atoms. The van der Waals surface area contributed by atoms with Gasteiger partial charge in [0.25, 0.3) is 0 Å². The minimum Gasteiger partial charge on any atom is -0.462 e. The van der Waals surface area contributed by atoms with Gasteiger partial charge in [0.2, 0.25) is 5.91 Å². The molecular formula is C21H25FN4O3. The highest BCUT2D eigenvalue weighted by atomic mass is 19.1. The number of rotatable bonds is 6. The number of amides is 1. The van der Waals surface area contributed by atoms with Gasteiger partial charge in [-0.05, 0) is 43.0 Å². The van der Waals surface area contributed by atoms with Gasteiger partial charge < -0.3 is 19.9 Å². The standard InChI is InChI=1S/C21H25FN4O3/c1-2-29-21(28)13-3-5-15(6-4-13)25-11-17-18(12-25)20(17)24-9-19(27)26-10-14(22)7-16(26)8-23/h3-6,14,16-18,20,24H,2,7,9-12H2,1H3/t14-,16-,17?,18?,20?/m0/s1. The molecule has 2 heterocycles. The van der Waals surface area contributed by atoms with Gasteiger partial charge >= 0.3 is 5.97 Å². The van der Waals surface area contributed by atoms with E-state index in [9.17, 15) is 14.0 Å². The smallest absolute Gasteiger partial charge is 0.338 e. The first kappa shape index (κ1) is 19.6. The highest BCUT2D eigenvalue weighted by Crippen LogP contribution is 2.46. The lowest BCUT2D eigenvalue weighted by molar-refractivity contribution is -0.130. The van der Waals surface area contributed by atoms with Crippen molar-refractivity contribution in [3.05, 3.63) is 29.8 Å². The third kappa shape index (κ3) is 3.92. The molecule has 1 aromatic carbocycles. The summed E-state index contributed by atoms with van der Waals surface area (Å²) in [6.45, 7) is 4.10. The summed E-state index contributed by atoms with van der Waals surface area (Å²) in [5, 5.41) is 12.4. The number of nitriles is 1. The van der Waals surface area contributed by atoms with Crippen LogP contribution in [-0.2, 0) is 9.53 Å². The number of nitrogens with zero attached hydrogens (tertiary/aromatic N) is 3. The number of fused-ring (bicyclic) bond motifs is 1. The number of hydrogen-bond acceptors (Lipinski definition) is 6. The molecular weight excluding hydrogens is 375 g/mol. The van der Waals surface area contributed by atoms with Crippen molar-refractivity contribution in [3.63, 3.8) is 0 Å². The molecule has 0 radical (unpaired) electrons. The molecule has 0 bridgehead atoms. The van der Waals surface area contributed by atoms with Crippen LogP contribution in [0.4, 0.5) is 10.1 Å². The van der Waals surface area contributed by atoms with Gasteiger partial charge in [-0.3, -0.25) is 4.79 Å². The second-order valence-corrected chi connectivity index (χ2v) is 7.93. The zero-order chi connectivity index (χ0) is 20.5. The summed E-state index contributed by atoms with van der Waals surface area (Å²) < 4.78 is 18.5. The first-order chi connectivity index (χ1) is 14.0. The number of halogens is 1. The fourth-order valence-electron chi connectivity index (χ4n) is 4.55. The van der Waals surface area contributed by atoms with Crippen LogP contribution in [0.1, 0.15) is 23.7 Å². The number of hydrogen-bond donors (Lipinski definition) is 1. The van der Waals surface area contributed by atoms with Crippen molar-refractivity contribution in [1.29, 1.82) is 5.26 Å². The molecule has 4 rings (SSSR count). The number of carbonyl (C=O) groups is 2. The van der Waals surface area contributed by atoms with Gasteiger partial charge in [0, 0.05) is 31.2 Å². The molecule has 2 unspecified atom stereocenters. The topological polar surface area (TPSA) is 85.7 Å². The van der Waals surface area contributed by atoms with Gasteiger partial charge in [0.15, 0.2) is 0 Å². The van der Waals surface area contributed by atoms with E-state index in [0.717, 1.165) is 18.8 Å². The maximum absolute atomic E-state index is 13.5. The SMILES string of the molecule is CCOC(=O)c1ccc(N2CC3C(C2)C3NCC(=O)N2C[C@@H](F)C[C@H]2C#N)cc1. The van der Waals surface area contributed by atoms with E-state index >= 15 is 0 Å². The van der Waals surface area contributed by atoms with Crippen LogP contribution >= 0.6 is 0 Å². The lowest BCUT2D eigenvalue weighted by Gasteiger charge is -2.23. The molecule has 1 aliphatic carbocycles. The number of carbonyl (C=O) groups excluding carboxylic acids is 2. The number of benzene rings is 1.